The van der Waals surface area contributed by atoms with Gasteiger partial charge in [-0.05, 0) is 18.3 Å². The van der Waals surface area contributed by atoms with Gasteiger partial charge in [0.15, 0.2) is 0 Å². The highest BCUT2D eigenvalue weighted by molar-refractivity contribution is 6.47. The first-order valence-corrected chi connectivity index (χ1v) is 4.94. The second kappa shape index (κ2) is 2.49. The Morgan fingerprint density at radius 3 is 2.29 bits per heavy atom. The molecule has 2 bridgehead atoms. The topological polar surface area (TPSA) is 65.2 Å². The molecule has 0 aliphatic heterocycles. The third kappa shape index (κ3) is 0.751. The second-order valence-electron chi connectivity index (χ2n) is 5.08. The van der Waals surface area contributed by atoms with Gasteiger partial charge in [0.1, 0.15) is 11.4 Å². The Morgan fingerprint density at radius 2 is 1.86 bits per heavy atom. The molecule has 2 atom stereocenters. The highest BCUT2D eigenvalue weighted by Gasteiger charge is 2.64. The van der Waals surface area contributed by atoms with Crippen LogP contribution in [-0.4, -0.2) is 21.8 Å². The van der Waals surface area contributed by atoms with Crippen LogP contribution in [0.5, 0.6) is 0 Å². The van der Waals surface area contributed by atoms with Crippen LogP contribution in [0, 0.1) is 16.7 Å². The van der Waals surface area contributed by atoms with Crippen molar-refractivity contribution in [1.82, 2.24) is 0 Å². The van der Waals surface area contributed by atoms with Crippen molar-refractivity contribution in [3.8, 4) is 0 Å². The quantitative estimate of drug-likeness (QED) is 0.460. The first kappa shape index (κ1) is 9.49. The lowest BCUT2D eigenvalue weighted by atomic mass is 9.70. The van der Waals surface area contributed by atoms with Gasteiger partial charge in [-0.25, -0.2) is 0 Å². The average Bonchev–Trinajstić information content (AvgIpc) is 2.46. The molecule has 78 valence electrons. The van der Waals surface area contributed by atoms with Crippen molar-refractivity contribution in [3.05, 3.63) is 0 Å². The summed E-state index contributed by atoms with van der Waals surface area (Å²) in [7, 11) is 0. The van der Waals surface area contributed by atoms with Crippen LogP contribution >= 0.6 is 0 Å². The highest BCUT2D eigenvalue weighted by Crippen LogP contribution is 2.62. The molecular formula is C10H16N2O2. The van der Waals surface area contributed by atoms with E-state index >= 15 is 0 Å². The van der Waals surface area contributed by atoms with E-state index in [1.807, 2.05) is 0 Å². The number of fused-ring (bicyclic) bond motifs is 2. The fourth-order valence-corrected chi connectivity index (χ4v) is 3.13. The minimum atomic E-state index is -0.145. The van der Waals surface area contributed by atoms with E-state index in [2.05, 4.69) is 31.1 Å². The standard InChI is InChI=1S/C10H16N2O2/c1-9(2)6-4-5-10(9,3)8(12-14)7(6)11-13/h6,13-14H,4-5H2,1-3H3/b11-7-,12-8-/t6-,10+/m0/s1. The zero-order chi connectivity index (χ0) is 10.6. The Bertz CT molecular complexity index is 333. The van der Waals surface area contributed by atoms with E-state index in [0.717, 1.165) is 12.8 Å². The predicted octanol–water partition coefficient (Wildman–Crippen LogP) is 2.10. The Morgan fingerprint density at radius 1 is 1.21 bits per heavy atom. The van der Waals surface area contributed by atoms with E-state index in [4.69, 9.17) is 10.4 Å². The molecule has 2 rings (SSSR count). The van der Waals surface area contributed by atoms with Gasteiger partial charge in [0.05, 0.1) is 0 Å². The zero-order valence-electron chi connectivity index (χ0n) is 8.78. The van der Waals surface area contributed by atoms with Crippen LogP contribution in [0.2, 0.25) is 0 Å². The van der Waals surface area contributed by atoms with Crippen LogP contribution < -0.4 is 0 Å². The fourth-order valence-electron chi connectivity index (χ4n) is 3.13. The minimum Gasteiger partial charge on any atom is -0.411 e. The maximum Gasteiger partial charge on any atom is 0.111 e. The Hall–Kier alpha value is -1.06. The van der Waals surface area contributed by atoms with Crippen molar-refractivity contribution in [2.75, 3.05) is 0 Å². The maximum absolute atomic E-state index is 8.98. The van der Waals surface area contributed by atoms with E-state index in [1.165, 1.54) is 0 Å². The predicted molar refractivity (Wildman–Crippen MR) is 53.1 cm³/mol. The molecule has 0 heterocycles. The molecule has 2 fully saturated rings. The molecule has 0 aromatic heterocycles. The highest BCUT2D eigenvalue weighted by atomic mass is 16.4. The van der Waals surface area contributed by atoms with Crippen molar-refractivity contribution in [2.24, 2.45) is 27.1 Å². The van der Waals surface area contributed by atoms with E-state index in [-0.39, 0.29) is 16.7 Å². The summed E-state index contributed by atoms with van der Waals surface area (Å²) in [4.78, 5) is 0. The summed E-state index contributed by atoms with van der Waals surface area (Å²) < 4.78 is 0. The molecule has 0 saturated heterocycles. The van der Waals surface area contributed by atoms with Gasteiger partial charge >= 0.3 is 0 Å². The van der Waals surface area contributed by atoms with Gasteiger partial charge in [0.25, 0.3) is 0 Å². The molecule has 0 aromatic rings. The van der Waals surface area contributed by atoms with E-state index in [9.17, 15) is 0 Å². The third-order valence-electron chi connectivity index (χ3n) is 4.53. The lowest BCUT2D eigenvalue weighted by Crippen LogP contribution is -2.33. The Balaban J connectivity index is 2.60. The van der Waals surface area contributed by atoms with Crippen LogP contribution in [-0.2, 0) is 0 Å². The van der Waals surface area contributed by atoms with Gasteiger partial charge in [-0.2, -0.15) is 0 Å². The smallest absolute Gasteiger partial charge is 0.111 e. The lowest BCUT2D eigenvalue weighted by Gasteiger charge is -2.32. The van der Waals surface area contributed by atoms with Gasteiger partial charge in [-0.3, -0.25) is 0 Å². The molecular weight excluding hydrogens is 180 g/mol. The molecule has 0 aromatic carbocycles. The monoisotopic (exact) mass is 196 g/mol. The molecule has 0 unspecified atom stereocenters. The van der Waals surface area contributed by atoms with Gasteiger partial charge in [-0.15, -0.1) is 0 Å². The Labute approximate surface area is 83.3 Å². The van der Waals surface area contributed by atoms with Gasteiger partial charge in [0, 0.05) is 11.3 Å². The van der Waals surface area contributed by atoms with Crippen LogP contribution in [0.4, 0.5) is 0 Å². The molecule has 0 spiro atoms. The summed E-state index contributed by atoms with van der Waals surface area (Å²) in [5.74, 6) is 0.225. The van der Waals surface area contributed by atoms with Crippen molar-refractivity contribution in [1.29, 1.82) is 0 Å². The molecule has 0 radical (unpaired) electrons. The van der Waals surface area contributed by atoms with E-state index in [1.54, 1.807) is 0 Å². The number of nitrogens with zero attached hydrogens (tertiary/aromatic N) is 2. The summed E-state index contributed by atoms with van der Waals surface area (Å²) in [6.45, 7) is 6.38. The third-order valence-corrected chi connectivity index (χ3v) is 4.53. The zero-order valence-corrected chi connectivity index (χ0v) is 8.78. The molecule has 2 N–H and O–H groups in total. The van der Waals surface area contributed by atoms with Gasteiger partial charge in [-0.1, -0.05) is 31.1 Å². The summed E-state index contributed by atoms with van der Waals surface area (Å²) in [6, 6.07) is 0. The molecule has 14 heavy (non-hydrogen) atoms. The molecule has 2 aliphatic rings. The number of rotatable bonds is 0. The first-order chi connectivity index (χ1) is 6.49. The normalized spacial score (nSPS) is 45.2. The van der Waals surface area contributed by atoms with Crippen LogP contribution in [0.1, 0.15) is 33.6 Å². The second-order valence-corrected chi connectivity index (χ2v) is 5.08. The molecule has 0 amide bonds. The summed E-state index contributed by atoms with van der Waals surface area (Å²) in [5, 5.41) is 24.5. The number of oxime groups is 2. The van der Waals surface area contributed by atoms with Crippen molar-refractivity contribution < 1.29 is 10.4 Å². The van der Waals surface area contributed by atoms with E-state index < -0.39 is 0 Å². The van der Waals surface area contributed by atoms with Gasteiger partial charge in [0.2, 0.25) is 0 Å². The Kier molecular flexibility index (Phi) is 1.69. The molecule has 4 nitrogen and oxygen atoms in total. The van der Waals surface area contributed by atoms with E-state index in [0.29, 0.717) is 11.4 Å². The van der Waals surface area contributed by atoms with Crippen molar-refractivity contribution in [2.45, 2.75) is 33.6 Å². The van der Waals surface area contributed by atoms with Crippen molar-refractivity contribution >= 4 is 11.4 Å². The summed E-state index contributed by atoms with van der Waals surface area (Å²) in [5.41, 5.74) is 1.02. The maximum atomic E-state index is 8.98. The fraction of sp³-hybridized carbons (Fsp3) is 0.800. The van der Waals surface area contributed by atoms with Crippen LogP contribution in [0.25, 0.3) is 0 Å². The van der Waals surface area contributed by atoms with Crippen LogP contribution in [0.3, 0.4) is 0 Å². The lowest BCUT2D eigenvalue weighted by molar-refractivity contribution is 0.200. The first-order valence-electron chi connectivity index (χ1n) is 4.94. The minimum absolute atomic E-state index is 0.0239. The molecule has 4 heteroatoms. The summed E-state index contributed by atoms with van der Waals surface area (Å²) in [6.07, 6.45) is 2.02. The average molecular weight is 196 g/mol. The van der Waals surface area contributed by atoms with Crippen LogP contribution in [0.15, 0.2) is 10.3 Å². The van der Waals surface area contributed by atoms with Gasteiger partial charge < -0.3 is 10.4 Å². The molecule has 2 aliphatic carbocycles. The number of hydrogen-bond acceptors (Lipinski definition) is 4. The SMILES string of the molecule is CC1(C)[C@H]2CC[C@]1(C)C(=N\O)/C2=N\O. The largest absolute Gasteiger partial charge is 0.411 e. The van der Waals surface area contributed by atoms with Crippen molar-refractivity contribution in [3.63, 3.8) is 0 Å². The molecule has 2 saturated carbocycles. The summed E-state index contributed by atoms with van der Waals surface area (Å²) >= 11 is 0. The number of hydrogen-bond donors (Lipinski definition) is 2.